The molecule has 0 aromatic heterocycles. The Kier molecular flexibility index (Phi) is 7.61. The van der Waals surface area contributed by atoms with Crippen LogP contribution in [-0.2, 0) is 19.1 Å². The van der Waals surface area contributed by atoms with Crippen LogP contribution >= 0.6 is 0 Å². The van der Waals surface area contributed by atoms with Crippen molar-refractivity contribution < 1.29 is 19.1 Å². The average molecular weight is 385 g/mol. The van der Waals surface area contributed by atoms with Gasteiger partial charge in [0.15, 0.2) is 5.41 Å². The van der Waals surface area contributed by atoms with Crippen LogP contribution in [0.15, 0.2) is 49.1 Å². The molecule has 1 fully saturated rings. The molecule has 4 heteroatoms. The highest BCUT2D eigenvalue weighted by Gasteiger charge is 2.57. The van der Waals surface area contributed by atoms with Gasteiger partial charge in [-0.3, -0.25) is 9.59 Å². The monoisotopic (exact) mass is 384 g/mol. The van der Waals surface area contributed by atoms with E-state index in [0.29, 0.717) is 18.8 Å². The molecule has 1 aliphatic carbocycles. The second kappa shape index (κ2) is 9.72. The first kappa shape index (κ1) is 21.9. The summed E-state index contributed by atoms with van der Waals surface area (Å²) in [6.07, 6.45) is 4.82. The van der Waals surface area contributed by atoms with Crippen LogP contribution in [0.4, 0.5) is 0 Å². The van der Waals surface area contributed by atoms with E-state index in [4.69, 9.17) is 9.47 Å². The van der Waals surface area contributed by atoms with Crippen molar-refractivity contribution in [3.05, 3.63) is 54.6 Å². The van der Waals surface area contributed by atoms with Crippen molar-refractivity contribution in [3.63, 3.8) is 0 Å². The van der Waals surface area contributed by atoms with Crippen LogP contribution in [0.2, 0.25) is 0 Å². The third-order valence-electron chi connectivity index (χ3n) is 5.32. The van der Waals surface area contributed by atoms with Crippen molar-refractivity contribution >= 4 is 17.5 Å². The fraction of sp³-hybridized carbons (Fsp3) is 0.500. The quantitative estimate of drug-likeness (QED) is 0.357. The van der Waals surface area contributed by atoms with Crippen molar-refractivity contribution in [1.29, 1.82) is 0 Å². The Hall–Kier alpha value is -2.36. The molecule has 2 atom stereocenters. The lowest BCUT2D eigenvalue weighted by Crippen LogP contribution is -2.40. The zero-order valence-corrected chi connectivity index (χ0v) is 17.4. The van der Waals surface area contributed by atoms with Crippen molar-refractivity contribution in [1.82, 2.24) is 0 Å². The summed E-state index contributed by atoms with van der Waals surface area (Å²) in [5, 5.41) is 0. The molecule has 0 aliphatic heterocycles. The summed E-state index contributed by atoms with van der Waals surface area (Å²) in [6.45, 7) is 12.2. The van der Waals surface area contributed by atoms with Crippen molar-refractivity contribution in [3.8, 4) is 0 Å². The fourth-order valence-corrected chi connectivity index (χ4v) is 4.12. The van der Waals surface area contributed by atoms with Crippen LogP contribution in [0, 0.1) is 23.2 Å². The maximum Gasteiger partial charge on any atom is 0.323 e. The molecule has 0 N–H and O–H groups in total. The molecule has 0 bridgehead atoms. The highest BCUT2D eigenvalue weighted by Crippen LogP contribution is 2.52. The Bertz CT molecular complexity index is 699. The molecule has 2 rings (SSSR count). The zero-order valence-electron chi connectivity index (χ0n) is 17.4. The van der Waals surface area contributed by atoms with Crippen LogP contribution in [0.25, 0.3) is 5.57 Å². The number of ether oxygens (including phenoxy) is 2. The average Bonchev–Trinajstić information content (AvgIpc) is 3.08. The number of rotatable bonds is 8. The Morgan fingerprint density at radius 3 is 2.14 bits per heavy atom. The summed E-state index contributed by atoms with van der Waals surface area (Å²) < 4.78 is 10.6. The Morgan fingerprint density at radius 1 is 1.11 bits per heavy atom. The molecule has 0 heterocycles. The minimum atomic E-state index is -1.28. The first-order valence-corrected chi connectivity index (χ1v) is 10.1. The van der Waals surface area contributed by atoms with E-state index in [9.17, 15) is 9.59 Å². The molecule has 0 spiro atoms. The Morgan fingerprint density at radius 2 is 1.68 bits per heavy atom. The van der Waals surface area contributed by atoms with Gasteiger partial charge in [-0.2, -0.15) is 0 Å². The van der Waals surface area contributed by atoms with Crippen LogP contribution in [0.3, 0.4) is 0 Å². The third-order valence-corrected chi connectivity index (χ3v) is 5.32. The van der Waals surface area contributed by atoms with E-state index >= 15 is 0 Å². The normalized spacial score (nSPS) is 21.4. The second-order valence-corrected chi connectivity index (χ2v) is 7.67. The zero-order chi connectivity index (χ0) is 20.7. The van der Waals surface area contributed by atoms with E-state index in [1.54, 1.807) is 13.8 Å². The number of carbonyl (C=O) groups is 2. The first-order chi connectivity index (χ1) is 13.4. The molecular weight excluding hydrogens is 352 g/mol. The minimum Gasteiger partial charge on any atom is -0.465 e. The highest BCUT2D eigenvalue weighted by molar-refractivity contribution is 6.01. The lowest BCUT2D eigenvalue weighted by atomic mass is 9.81. The molecule has 1 aliphatic rings. The predicted octanol–water partition coefficient (Wildman–Crippen LogP) is 5.05. The Balaban J connectivity index is 2.52. The van der Waals surface area contributed by atoms with Gasteiger partial charge in [0.2, 0.25) is 0 Å². The van der Waals surface area contributed by atoms with Gasteiger partial charge in [0.25, 0.3) is 0 Å². The van der Waals surface area contributed by atoms with Crippen LogP contribution < -0.4 is 0 Å². The fourth-order valence-electron chi connectivity index (χ4n) is 4.12. The van der Waals surface area contributed by atoms with Gasteiger partial charge in [-0.15, -0.1) is 6.58 Å². The molecule has 4 nitrogen and oxygen atoms in total. The van der Waals surface area contributed by atoms with Crippen molar-refractivity contribution in [2.45, 2.75) is 40.5 Å². The SMILES string of the molecule is C=C[C@@H]1CC(C(=O)OCC)(C(=O)OCC)C[C@@H]1/C(=C\C(C)C)c1ccccc1. The van der Waals surface area contributed by atoms with E-state index < -0.39 is 17.4 Å². The topological polar surface area (TPSA) is 52.6 Å². The molecule has 0 saturated heterocycles. The summed E-state index contributed by atoms with van der Waals surface area (Å²) in [5.41, 5.74) is 0.980. The lowest BCUT2D eigenvalue weighted by molar-refractivity contribution is -0.171. The van der Waals surface area contributed by atoms with E-state index in [0.717, 1.165) is 11.1 Å². The molecule has 0 unspecified atom stereocenters. The number of allylic oxidation sites excluding steroid dienone is 3. The largest absolute Gasteiger partial charge is 0.465 e. The summed E-state index contributed by atoms with van der Waals surface area (Å²) in [7, 11) is 0. The molecular formula is C24H32O4. The molecule has 152 valence electrons. The predicted molar refractivity (Wildman–Crippen MR) is 111 cm³/mol. The van der Waals surface area contributed by atoms with Crippen molar-refractivity contribution in [2.75, 3.05) is 13.2 Å². The number of hydrogen-bond donors (Lipinski definition) is 0. The summed E-state index contributed by atoms with van der Waals surface area (Å²) in [6, 6.07) is 10.1. The van der Waals surface area contributed by atoms with Gasteiger partial charge in [0, 0.05) is 0 Å². The van der Waals surface area contributed by atoms with Gasteiger partial charge in [-0.05, 0) is 55.6 Å². The summed E-state index contributed by atoms with van der Waals surface area (Å²) in [5.74, 6) is -0.657. The lowest BCUT2D eigenvalue weighted by Gasteiger charge is -2.25. The Labute approximate surface area is 168 Å². The standard InChI is InChI=1S/C24H32O4/c1-6-18-15-24(22(25)27-7-2,23(26)28-8-3)16-21(18)20(14-17(4)5)19-12-10-9-11-13-19/h6,9-14,17-18,21H,1,7-8,15-16H2,2-5H3/b20-14-/t18-,21+/m1/s1. The molecule has 1 aromatic rings. The molecule has 0 radical (unpaired) electrons. The molecule has 28 heavy (non-hydrogen) atoms. The third kappa shape index (κ3) is 4.54. The number of esters is 2. The number of benzene rings is 1. The van der Waals surface area contributed by atoms with Crippen LogP contribution in [-0.4, -0.2) is 25.2 Å². The van der Waals surface area contributed by atoms with Gasteiger partial charge < -0.3 is 9.47 Å². The first-order valence-electron chi connectivity index (χ1n) is 10.1. The van der Waals surface area contributed by atoms with Gasteiger partial charge >= 0.3 is 11.9 Å². The number of carbonyl (C=O) groups excluding carboxylic acids is 2. The minimum absolute atomic E-state index is 0.00360. The van der Waals surface area contributed by atoms with Gasteiger partial charge in [0.05, 0.1) is 13.2 Å². The molecule has 1 saturated carbocycles. The van der Waals surface area contributed by atoms with E-state index in [1.165, 1.54) is 0 Å². The van der Waals surface area contributed by atoms with Gasteiger partial charge in [0.1, 0.15) is 0 Å². The number of hydrogen-bond acceptors (Lipinski definition) is 4. The summed E-state index contributed by atoms with van der Waals surface area (Å²) >= 11 is 0. The van der Waals surface area contributed by atoms with E-state index in [2.05, 4.69) is 38.6 Å². The van der Waals surface area contributed by atoms with Crippen molar-refractivity contribution in [2.24, 2.45) is 23.2 Å². The van der Waals surface area contributed by atoms with Gasteiger partial charge in [-0.1, -0.05) is 56.3 Å². The molecule has 1 aromatic carbocycles. The van der Waals surface area contributed by atoms with Gasteiger partial charge in [-0.25, -0.2) is 0 Å². The van der Waals surface area contributed by atoms with Crippen LogP contribution in [0.1, 0.15) is 46.1 Å². The van der Waals surface area contributed by atoms with E-state index in [-0.39, 0.29) is 25.0 Å². The maximum atomic E-state index is 12.9. The second-order valence-electron chi connectivity index (χ2n) is 7.67. The summed E-state index contributed by atoms with van der Waals surface area (Å²) in [4.78, 5) is 25.8. The van der Waals surface area contributed by atoms with Crippen LogP contribution in [0.5, 0.6) is 0 Å². The maximum absolute atomic E-state index is 12.9. The molecule has 0 amide bonds. The van der Waals surface area contributed by atoms with E-state index in [1.807, 2.05) is 24.3 Å². The highest BCUT2D eigenvalue weighted by atomic mass is 16.6. The smallest absolute Gasteiger partial charge is 0.323 e.